The molecule has 0 spiro atoms. The molecular formula is C32H33N9O3S2. The minimum atomic E-state index is -1.16. The number of rotatable bonds is 11. The van der Waals surface area contributed by atoms with Gasteiger partial charge in [-0.05, 0) is 23.8 Å². The highest BCUT2D eigenvalue weighted by Gasteiger charge is 2.31. The number of para-hydroxylation sites is 1. The van der Waals surface area contributed by atoms with Crippen LogP contribution in [0.4, 0.5) is 21.3 Å². The van der Waals surface area contributed by atoms with Crippen LogP contribution in [-0.2, 0) is 21.8 Å². The Morgan fingerprint density at radius 1 is 1.04 bits per heavy atom. The van der Waals surface area contributed by atoms with Crippen LogP contribution in [0.15, 0.2) is 94.2 Å². The maximum absolute atomic E-state index is 13.4. The second kappa shape index (κ2) is 15.2. The van der Waals surface area contributed by atoms with Crippen LogP contribution in [0.1, 0.15) is 22.4 Å². The molecule has 0 aliphatic carbocycles. The van der Waals surface area contributed by atoms with Gasteiger partial charge in [-0.1, -0.05) is 60.7 Å². The number of urea groups is 1. The van der Waals surface area contributed by atoms with Crippen molar-refractivity contribution in [2.75, 3.05) is 29.6 Å². The normalized spacial score (nSPS) is 14.0. The Morgan fingerprint density at radius 2 is 1.83 bits per heavy atom. The first-order valence-electron chi connectivity index (χ1n) is 14.3. The van der Waals surface area contributed by atoms with E-state index in [9.17, 15) is 14.4 Å². The van der Waals surface area contributed by atoms with E-state index in [4.69, 9.17) is 16.5 Å². The number of benzodiazepines with no additional fused rings is 1. The lowest BCUT2D eigenvalue weighted by Gasteiger charge is -2.21. The van der Waals surface area contributed by atoms with Gasteiger partial charge in [0.05, 0.1) is 23.5 Å². The Bertz CT molecular complexity index is 1770. The zero-order valence-corrected chi connectivity index (χ0v) is 26.6. The first kappa shape index (κ1) is 32.2. The van der Waals surface area contributed by atoms with Crippen molar-refractivity contribution in [1.82, 2.24) is 15.6 Å². The minimum Gasteiger partial charge on any atom is -0.370 e. The van der Waals surface area contributed by atoms with Crippen molar-refractivity contribution in [3.63, 3.8) is 0 Å². The summed E-state index contributed by atoms with van der Waals surface area (Å²) >= 11 is 3.00. The van der Waals surface area contributed by atoms with Gasteiger partial charge in [0.25, 0.3) is 5.91 Å². The number of aromatic nitrogens is 1. The monoisotopic (exact) mass is 655 g/mol. The highest BCUT2D eigenvalue weighted by atomic mass is 32.2. The molecule has 1 aliphatic rings. The summed E-state index contributed by atoms with van der Waals surface area (Å²) in [4.78, 5) is 53.5. The number of fused-ring (bicyclic) bond motifs is 1. The van der Waals surface area contributed by atoms with Crippen LogP contribution in [0.5, 0.6) is 0 Å². The van der Waals surface area contributed by atoms with Crippen molar-refractivity contribution in [1.29, 1.82) is 0 Å². The number of guanidine groups is 1. The number of nitrogens with two attached hydrogens (primary N) is 2. The molecule has 2 heterocycles. The standard InChI is InChI=1S/C32H33N9O3S2/c1-41-25-13-6-5-12-24(25)27(21-9-3-2-4-10-21)38-28(29(41)43)39-31(44)36-22-11-7-8-20(16-22)17-26(42)35-14-15-45-18-23-19-46-32(37-23)40-30(33)34/h2-13,16,19,28H,14-15,17-18H2,1H3,(H,35,42)(H2,36,39,44)(H4,33,34,37,40)/t28-/m0/s1. The summed E-state index contributed by atoms with van der Waals surface area (Å²) in [6.07, 6.45) is -1.01. The third-order valence-electron chi connectivity index (χ3n) is 6.79. The first-order valence-corrected chi connectivity index (χ1v) is 16.4. The molecule has 4 aromatic rings. The van der Waals surface area contributed by atoms with Crippen LogP contribution < -0.4 is 32.3 Å². The zero-order valence-electron chi connectivity index (χ0n) is 25.0. The van der Waals surface area contributed by atoms with Gasteiger partial charge in [-0.15, -0.1) is 11.3 Å². The van der Waals surface area contributed by atoms with Gasteiger partial charge in [-0.25, -0.2) is 14.8 Å². The number of nitrogens with one attached hydrogen (secondary N) is 3. The molecule has 46 heavy (non-hydrogen) atoms. The van der Waals surface area contributed by atoms with Gasteiger partial charge in [-0.3, -0.25) is 9.59 Å². The lowest BCUT2D eigenvalue weighted by Crippen LogP contribution is -2.47. The molecule has 0 unspecified atom stereocenters. The van der Waals surface area contributed by atoms with E-state index in [0.29, 0.717) is 40.3 Å². The van der Waals surface area contributed by atoms with Crippen LogP contribution in [-0.4, -0.2) is 60.0 Å². The third kappa shape index (κ3) is 8.49. The fourth-order valence-electron chi connectivity index (χ4n) is 4.70. The molecule has 0 saturated heterocycles. The third-order valence-corrected chi connectivity index (χ3v) is 8.57. The number of hydrogen-bond donors (Lipinski definition) is 5. The predicted molar refractivity (Wildman–Crippen MR) is 185 cm³/mol. The summed E-state index contributed by atoms with van der Waals surface area (Å²) in [5, 5.41) is 10.8. The van der Waals surface area contributed by atoms with E-state index in [-0.39, 0.29) is 24.2 Å². The number of thiazole rings is 1. The summed E-state index contributed by atoms with van der Waals surface area (Å²) < 4.78 is 0. The van der Waals surface area contributed by atoms with E-state index in [2.05, 4.69) is 25.9 Å². The average molecular weight is 656 g/mol. The van der Waals surface area contributed by atoms with Crippen molar-refractivity contribution < 1.29 is 14.4 Å². The van der Waals surface area contributed by atoms with Crippen LogP contribution in [0, 0.1) is 0 Å². The molecule has 0 radical (unpaired) electrons. The zero-order chi connectivity index (χ0) is 32.5. The van der Waals surface area contributed by atoms with Gasteiger partial charge in [-0.2, -0.15) is 16.8 Å². The number of carbonyl (C=O) groups is 3. The number of hydrogen-bond acceptors (Lipinski definition) is 8. The number of anilines is 2. The van der Waals surface area contributed by atoms with Crippen molar-refractivity contribution in [2.24, 2.45) is 21.5 Å². The molecule has 14 heteroatoms. The fourth-order valence-corrected chi connectivity index (χ4v) is 6.26. The Balaban J connectivity index is 1.14. The minimum absolute atomic E-state index is 0.0285. The molecule has 3 aromatic carbocycles. The average Bonchev–Trinajstić information content (AvgIpc) is 3.45. The first-order chi connectivity index (χ1) is 22.3. The van der Waals surface area contributed by atoms with E-state index < -0.39 is 12.2 Å². The smallest absolute Gasteiger partial charge is 0.321 e. The lowest BCUT2D eigenvalue weighted by atomic mass is 10.0. The number of nitrogens with zero attached hydrogens (tertiary/aromatic N) is 4. The van der Waals surface area contributed by atoms with Gasteiger partial charge in [0, 0.05) is 47.3 Å². The van der Waals surface area contributed by atoms with E-state index in [1.807, 2.05) is 66.0 Å². The molecule has 236 valence electrons. The number of thioether (sulfide) groups is 1. The van der Waals surface area contributed by atoms with Crippen LogP contribution in [0.2, 0.25) is 0 Å². The van der Waals surface area contributed by atoms with Crippen molar-refractivity contribution in [3.05, 3.63) is 107 Å². The Labute approximate surface area is 274 Å². The van der Waals surface area contributed by atoms with Crippen LogP contribution >= 0.6 is 23.1 Å². The van der Waals surface area contributed by atoms with Gasteiger partial charge in [0.2, 0.25) is 17.2 Å². The number of likely N-dealkylation sites (N-methyl/N-ethyl adjacent to an activating group) is 1. The van der Waals surface area contributed by atoms with E-state index in [1.165, 1.54) is 16.2 Å². The van der Waals surface area contributed by atoms with Crippen molar-refractivity contribution in [2.45, 2.75) is 18.3 Å². The summed E-state index contributed by atoms with van der Waals surface area (Å²) in [6, 6.07) is 23.4. The molecule has 12 nitrogen and oxygen atoms in total. The quantitative estimate of drug-likeness (QED) is 0.0930. The topological polar surface area (TPSA) is 180 Å². The number of benzene rings is 3. The summed E-state index contributed by atoms with van der Waals surface area (Å²) in [7, 11) is 1.66. The van der Waals surface area contributed by atoms with E-state index >= 15 is 0 Å². The summed E-state index contributed by atoms with van der Waals surface area (Å²) in [6.45, 7) is 0.494. The SMILES string of the molecule is CN1C(=O)[C@H](NC(=O)Nc2cccc(CC(=O)NCCSCc3csc(N=C(N)N)n3)c2)N=C(c2ccccc2)c2ccccc21. The number of amides is 4. The molecule has 5 rings (SSSR count). The van der Waals surface area contributed by atoms with Crippen LogP contribution in [0.25, 0.3) is 0 Å². The summed E-state index contributed by atoms with van der Waals surface area (Å²) in [5.41, 5.74) is 15.7. The second-order valence-electron chi connectivity index (χ2n) is 10.2. The van der Waals surface area contributed by atoms with Gasteiger partial charge in [0.1, 0.15) is 0 Å². The van der Waals surface area contributed by atoms with Gasteiger partial charge >= 0.3 is 6.03 Å². The molecule has 0 bridgehead atoms. The largest absolute Gasteiger partial charge is 0.370 e. The highest BCUT2D eigenvalue weighted by Crippen LogP contribution is 2.27. The lowest BCUT2D eigenvalue weighted by molar-refractivity contribution is -0.120. The molecular weight excluding hydrogens is 623 g/mol. The molecule has 0 fully saturated rings. The maximum atomic E-state index is 13.4. The fraction of sp³-hybridized carbons (Fsp3) is 0.188. The second-order valence-corrected chi connectivity index (χ2v) is 12.1. The molecule has 4 amide bonds. The Morgan fingerprint density at radius 3 is 2.63 bits per heavy atom. The maximum Gasteiger partial charge on any atom is 0.321 e. The number of aliphatic imine (C=N–C) groups is 2. The molecule has 0 saturated carbocycles. The van der Waals surface area contributed by atoms with Gasteiger partial charge < -0.3 is 32.3 Å². The van der Waals surface area contributed by atoms with Crippen molar-refractivity contribution >= 4 is 69.1 Å². The molecule has 7 N–H and O–H groups in total. The molecule has 1 aromatic heterocycles. The van der Waals surface area contributed by atoms with Crippen molar-refractivity contribution in [3.8, 4) is 0 Å². The van der Waals surface area contributed by atoms with E-state index in [1.54, 1.807) is 37.0 Å². The summed E-state index contributed by atoms with van der Waals surface area (Å²) in [5.74, 6) is 0.840. The predicted octanol–water partition coefficient (Wildman–Crippen LogP) is 3.60. The highest BCUT2D eigenvalue weighted by molar-refractivity contribution is 7.98. The van der Waals surface area contributed by atoms with Crippen LogP contribution in [0.3, 0.4) is 0 Å². The Hall–Kier alpha value is -5.21. The molecule has 1 atom stereocenters. The molecule has 1 aliphatic heterocycles. The van der Waals surface area contributed by atoms with Gasteiger partial charge in [0.15, 0.2) is 5.96 Å². The number of carbonyl (C=O) groups excluding carboxylic acids is 3. The Kier molecular flexibility index (Phi) is 10.6. The van der Waals surface area contributed by atoms with E-state index in [0.717, 1.165) is 22.4 Å².